The van der Waals surface area contributed by atoms with Crippen LogP contribution < -0.4 is 15.4 Å². The lowest BCUT2D eigenvalue weighted by Gasteiger charge is -2.27. The normalized spacial score (nSPS) is 15.2. The fourth-order valence-corrected chi connectivity index (χ4v) is 1.84. The summed E-state index contributed by atoms with van der Waals surface area (Å²) in [4.78, 5) is 25.3. The predicted octanol–water partition coefficient (Wildman–Crippen LogP) is -0.623. The standard InChI is InChI=1S/C10H15ClN6O2/c1-19-10-15-8(11)14-9(16-10)13-6-7(18)17-4-2-12-3-5-17/h12H,2-6H2,1H3,(H,13,14,15,16). The number of rotatable bonds is 4. The minimum Gasteiger partial charge on any atom is -0.467 e. The van der Waals surface area contributed by atoms with Crippen LogP contribution in [0.4, 0.5) is 5.95 Å². The van der Waals surface area contributed by atoms with Crippen LogP contribution in [0, 0.1) is 0 Å². The van der Waals surface area contributed by atoms with Gasteiger partial charge in [0, 0.05) is 26.2 Å². The van der Waals surface area contributed by atoms with Gasteiger partial charge in [0.15, 0.2) is 0 Å². The molecule has 0 radical (unpaired) electrons. The zero-order valence-corrected chi connectivity index (χ0v) is 11.3. The Morgan fingerprint density at radius 1 is 1.42 bits per heavy atom. The summed E-state index contributed by atoms with van der Waals surface area (Å²) in [6.07, 6.45) is 0. The molecule has 9 heteroatoms. The number of nitrogens with zero attached hydrogens (tertiary/aromatic N) is 4. The van der Waals surface area contributed by atoms with Crippen molar-refractivity contribution in [1.82, 2.24) is 25.2 Å². The number of aromatic nitrogens is 3. The third kappa shape index (κ3) is 3.90. The van der Waals surface area contributed by atoms with Crippen LogP contribution >= 0.6 is 11.6 Å². The highest BCUT2D eigenvalue weighted by atomic mass is 35.5. The van der Waals surface area contributed by atoms with Gasteiger partial charge in [-0.2, -0.15) is 15.0 Å². The van der Waals surface area contributed by atoms with E-state index < -0.39 is 0 Å². The van der Waals surface area contributed by atoms with Crippen LogP contribution in [-0.2, 0) is 4.79 Å². The van der Waals surface area contributed by atoms with E-state index in [0.717, 1.165) is 13.1 Å². The van der Waals surface area contributed by atoms with Crippen LogP contribution in [0.2, 0.25) is 5.28 Å². The van der Waals surface area contributed by atoms with Crippen molar-refractivity contribution in [3.8, 4) is 6.01 Å². The molecule has 0 unspecified atom stereocenters. The summed E-state index contributed by atoms with van der Waals surface area (Å²) in [7, 11) is 1.43. The highest BCUT2D eigenvalue weighted by Crippen LogP contribution is 2.10. The van der Waals surface area contributed by atoms with E-state index in [9.17, 15) is 4.79 Å². The quantitative estimate of drug-likeness (QED) is 0.762. The first-order chi connectivity index (χ1) is 9.19. The van der Waals surface area contributed by atoms with Crippen molar-refractivity contribution in [1.29, 1.82) is 0 Å². The zero-order valence-electron chi connectivity index (χ0n) is 10.5. The zero-order chi connectivity index (χ0) is 13.7. The van der Waals surface area contributed by atoms with Crippen molar-refractivity contribution >= 4 is 23.5 Å². The lowest BCUT2D eigenvalue weighted by Crippen LogP contribution is -2.48. The topological polar surface area (TPSA) is 92.3 Å². The van der Waals surface area contributed by atoms with Crippen LogP contribution in [-0.4, -0.2) is 65.6 Å². The molecule has 0 bridgehead atoms. The Labute approximate surface area is 115 Å². The second-order valence-electron chi connectivity index (χ2n) is 3.90. The number of amides is 1. The Bertz CT molecular complexity index is 452. The number of hydrogen-bond acceptors (Lipinski definition) is 7. The van der Waals surface area contributed by atoms with Gasteiger partial charge in [0.25, 0.3) is 0 Å². The number of piperazine rings is 1. The van der Waals surface area contributed by atoms with Gasteiger partial charge in [-0.05, 0) is 11.6 Å². The van der Waals surface area contributed by atoms with E-state index in [0.29, 0.717) is 13.1 Å². The number of ether oxygens (including phenoxy) is 1. The Balaban J connectivity index is 1.90. The van der Waals surface area contributed by atoms with Crippen LogP contribution in [0.3, 0.4) is 0 Å². The monoisotopic (exact) mass is 286 g/mol. The maximum Gasteiger partial charge on any atom is 0.322 e. The number of anilines is 1. The molecule has 1 aromatic rings. The lowest BCUT2D eigenvalue weighted by molar-refractivity contribution is -0.129. The van der Waals surface area contributed by atoms with Crippen molar-refractivity contribution in [2.24, 2.45) is 0 Å². The maximum atomic E-state index is 11.9. The minimum absolute atomic E-state index is 0.00278. The summed E-state index contributed by atoms with van der Waals surface area (Å²) < 4.78 is 4.87. The van der Waals surface area contributed by atoms with E-state index in [2.05, 4.69) is 25.6 Å². The first kappa shape index (κ1) is 13.8. The molecule has 0 aliphatic carbocycles. The van der Waals surface area contributed by atoms with Gasteiger partial charge in [-0.25, -0.2) is 0 Å². The summed E-state index contributed by atoms with van der Waals surface area (Å²) in [5, 5.41) is 6.02. The average molecular weight is 287 g/mol. The third-order valence-electron chi connectivity index (χ3n) is 2.64. The van der Waals surface area contributed by atoms with Gasteiger partial charge in [0.1, 0.15) is 0 Å². The number of methoxy groups -OCH3 is 1. The molecule has 19 heavy (non-hydrogen) atoms. The fraction of sp³-hybridized carbons (Fsp3) is 0.600. The lowest BCUT2D eigenvalue weighted by atomic mass is 10.3. The molecule has 0 spiro atoms. The summed E-state index contributed by atoms with van der Waals surface area (Å²) in [5.74, 6) is 0.220. The molecule has 1 aromatic heterocycles. The SMILES string of the molecule is COc1nc(Cl)nc(NCC(=O)N2CCNCC2)n1. The van der Waals surface area contributed by atoms with Crippen molar-refractivity contribution < 1.29 is 9.53 Å². The molecule has 2 heterocycles. The van der Waals surface area contributed by atoms with Gasteiger partial charge in [-0.15, -0.1) is 0 Å². The minimum atomic E-state index is -0.00278. The van der Waals surface area contributed by atoms with Crippen molar-refractivity contribution in [3.05, 3.63) is 5.28 Å². The first-order valence-corrected chi connectivity index (χ1v) is 6.25. The van der Waals surface area contributed by atoms with Gasteiger partial charge < -0.3 is 20.3 Å². The molecular weight excluding hydrogens is 272 g/mol. The fourth-order valence-electron chi connectivity index (χ4n) is 1.68. The van der Waals surface area contributed by atoms with Crippen LogP contribution in [0.15, 0.2) is 0 Å². The van der Waals surface area contributed by atoms with Gasteiger partial charge in [-0.3, -0.25) is 4.79 Å². The molecule has 8 nitrogen and oxygen atoms in total. The Morgan fingerprint density at radius 3 is 2.84 bits per heavy atom. The second-order valence-corrected chi connectivity index (χ2v) is 4.24. The number of halogens is 1. The molecule has 1 saturated heterocycles. The maximum absolute atomic E-state index is 11.9. The van der Waals surface area contributed by atoms with E-state index in [4.69, 9.17) is 16.3 Å². The van der Waals surface area contributed by atoms with Crippen molar-refractivity contribution in [3.63, 3.8) is 0 Å². The molecule has 0 saturated carbocycles. The summed E-state index contributed by atoms with van der Waals surface area (Å²) in [6, 6.07) is 0.108. The van der Waals surface area contributed by atoms with Crippen LogP contribution in [0.1, 0.15) is 0 Å². The second kappa shape index (κ2) is 6.48. The molecule has 2 rings (SSSR count). The smallest absolute Gasteiger partial charge is 0.322 e. The molecule has 104 valence electrons. The molecular formula is C10H15ClN6O2. The van der Waals surface area contributed by atoms with E-state index in [1.54, 1.807) is 4.90 Å². The molecule has 1 aliphatic heterocycles. The molecule has 2 N–H and O–H groups in total. The predicted molar refractivity (Wildman–Crippen MR) is 69.3 cm³/mol. The Morgan fingerprint density at radius 2 is 2.16 bits per heavy atom. The van der Waals surface area contributed by atoms with Gasteiger partial charge in [-0.1, -0.05) is 0 Å². The third-order valence-corrected chi connectivity index (χ3v) is 2.81. The highest BCUT2D eigenvalue weighted by molar-refractivity contribution is 6.28. The van der Waals surface area contributed by atoms with Gasteiger partial charge in [0.05, 0.1) is 13.7 Å². The first-order valence-electron chi connectivity index (χ1n) is 5.87. The molecule has 1 amide bonds. The van der Waals surface area contributed by atoms with E-state index >= 15 is 0 Å². The Kier molecular flexibility index (Phi) is 4.69. The summed E-state index contributed by atoms with van der Waals surface area (Å²) in [6.45, 7) is 3.17. The van der Waals surface area contributed by atoms with Gasteiger partial charge in [0.2, 0.25) is 17.1 Å². The molecule has 0 atom stereocenters. The summed E-state index contributed by atoms with van der Waals surface area (Å²) >= 11 is 5.71. The number of carbonyl (C=O) groups is 1. The van der Waals surface area contributed by atoms with Crippen LogP contribution in [0.5, 0.6) is 6.01 Å². The van der Waals surface area contributed by atoms with Gasteiger partial charge >= 0.3 is 6.01 Å². The van der Waals surface area contributed by atoms with E-state index in [1.807, 2.05) is 0 Å². The summed E-state index contributed by atoms with van der Waals surface area (Å²) in [5.41, 5.74) is 0. The molecule has 1 aliphatic rings. The van der Waals surface area contributed by atoms with Crippen molar-refractivity contribution in [2.45, 2.75) is 0 Å². The number of nitrogens with one attached hydrogen (secondary N) is 2. The number of hydrogen-bond donors (Lipinski definition) is 2. The molecule has 1 fully saturated rings. The largest absolute Gasteiger partial charge is 0.467 e. The molecule has 0 aromatic carbocycles. The Hall–Kier alpha value is -1.67. The van der Waals surface area contributed by atoms with Crippen molar-refractivity contribution in [2.75, 3.05) is 45.2 Å². The van der Waals surface area contributed by atoms with E-state index in [1.165, 1.54) is 7.11 Å². The van der Waals surface area contributed by atoms with Crippen LogP contribution in [0.25, 0.3) is 0 Å². The number of carbonyl (C=O) groups excluding carboxylic acids is 1. The average Bonchev–Trinajstić information content (AvgIpc) is 2.45. The van der Waals surface area contributed by atoms with E-state index in [-0.39, 0.29) is 29.7 Å². The highest BCUT2D eigenvalue weighted by Gasteiger charge is 2.16.